The lowest BCUT2D eigenvalue weighted by Crippen LogP contribution is -2.28. The molecule has 2 aromatic carbocycles. The van der Waals surface area contributed by atoms with Crippen LogP contribution < -0.4 is 14.8 Å². The van der Waals surface area contributed by atoms with Gasteiger partial charge < -0.3 is 14.8 Å². The van der Waals surface area contributed by atoms with E-state index >= 15 is 0 Å². The molecule has 0 radical (unpaired) electrons. The van der Waals surface area contributed by atoms with Crippen molar-refractivity contribution in [3.05, 3.63) is 59.7 Å². The molecule has 174 valence electrons. The van der Waals surface area contributed by atoms with E-state index in [0.717, 1.165) is 11.3 Å². The van der Waals surface area contributed by atoms with Gasteiger partial charge in [-0.05, 0) is 69.9 Å². The fourth-order valence-corrected chi connectivity index (χ4v) is 4.16. The lowest BCUT2D eigenvalue weighted by molar-refractivity contribution is -0.119. The average molecular weight is 472 g/mol. The molecular weight excluding hydrogens is 445 g/mol. The molecule has 1 aliphatic rings. The summed E-state index contributed by atoms with van der Waals surface area (Å²) in [6, 6.07) is 11.5. The van der Waals surface area contributed by atoms with Crippen LogP contribution >= 0.6 is 11.8 Å². The van der Waals surface area contributed by atoms with E-state index in [9.17, 15) is 9.18 Å². The van der Waals surface area contributed by atoms with Crippen LogP contribution in [0, 0.1) is 5.82 Å². The number of carbonyl (C=O) groups excluding carboxylic acids is 1. The third kappa shape index (κ3) is 5.12. The highest BCUT2D eigenvalue weighted by molar-refractivity contribution is 7.99. The smallest absolute Gasteiger partial charge is 0.231 e. The molecule has 0 saturated heterocycles. The van der Waals surface area contributed by atoms with Crippen molar-refractivity contribution in [2.45, 2.75) is 31.1 Å². The van der Waals surface area contributed by atoms with Gasteiger partial charge in [0.25, 0.3) is 0 Å². The number of nitrogens with zero attached hydrogens (tertiary/aromatic N) is 4. The van der Waals surface area contributed by atoms with Crippen LogP contribution in [-0.2, 0) is 4.79 Å². The second-order valence-corrected chi connectivity index (χ2v) is 8.93. The number of amides is 1. The molecule has 1 aliphatic heterocycles. The Balaban J connectivity index is 1.47. The largest absolute Gasteiger partial charge is 0.454 e. The minimum absolute atomic E-state index is 0.0308. The fourth-order valence-electron chi connectivity index (χ4n) is 3.39. The molecule has 2 heterocycles. The van der Waals surface area contributed by atoms with Gasteiger partial charge in [0.15, 0.2) is 22.5 Å². The zero-order chi connectivity index (χ0) is 23.5. The molecule has 0 spiro atoms. The Morgan fingerprint density at radius 3 is 2.61 bits per heavy atom. The highest BCUT2D eigenvalue weighted by Crippen LogP contribution is 2.34. The third-order valence-electron chi connectivity index (χ3n) is 5.50. The number of halogens is 1. The Hall–Kier alpha value is -3.11. The number of ether oxygens (including phenoxy) is 2. The summed E-state index contributed by atoms with van der Waals surface area (Å²) in [4.78, 5) is 14.7. The standard InChI is InChI=1S/C23H26FN5O3S/c1-14(16-5-10-19-20(11-16)32-13-31-19)25-21(30)12-33-23-27-26-22(15(2)28(3)4)29(23)18-8-6-17(24)7-9-18/h5-11,14-15H,12-13H2,1-4H3,(H,25,30)/t14-,15-/m0/s1. The van der Waals surface area contributed by atoms with Gasteiger partial charge in [0.2, 0.25) is 12.7 Å². The molecule has 2 atom stereocenters. The van der Waals surface area contributed by atoms with Crippen molar-refractivity contribution < 1.29 is 18.7 Å². The number of thioether (sulfide) groups is 1. The van der Waals surface area contributed by atoms with Gasteiger partial charge in [-0.3, -0.25) is 14.3 Å². The molecule has 0 bridgehead atoms. The summed E-state index contributed by atoms with van der Waals surface area (Å²) >= 11 is 1.28. The lowest BCUT2D eigenvalue weighted by Gasteiger charge is -2.20. The molecule has 1 N–H and O–H groups in total. The predicted octanol–water partition coefficient (Wildman–Crippen LogP) is 3.73. The van der Waals surface area contributed by atoms with Crippen LogP contribution in [0.3, 0.4) is 0 Å². The molecule has 10 heteroatoms. The van der Waals surface area contributed by atoms with Crippen molar-refractivity contribution in [3.63, 3.8) is 0 Å². The van der Waals surface area contributed by atoms with Gasteiger partial charge in [0.05, 0.1) is 17.8 Å². The predicted molar refractivity (Wildman–Crippen MR) is 123 cm³/mol. The second-order valence-electron chi connectivity index (χ2n) is 7.98. The molecule has 0 fully saturated rings. The molecule has 1 aromatic heterocycles. The van der Waals surface area contributed by atoms with Crippen molar-refractivity contribution in [3.8, 4) is 17.2 Å². The number of fused-ring (bicyclic) bond motifs is 1. The first-order valence-corrected chi connectivity index (χ1v) is 11.5. The number of benzene rings is 2. The number of aromatic nitrogens is 3. The minimum atomic E-state index is -0.319. The quantitative estimate of drug-likeness (QED) is 0.502. The van der Waals surface area contributed by atoms with Gasteiger partial charge in [0, 0.05) is 5.69 Å². The monoisotopic (exact) mass is 471 g/mol. The number of carbonyl (C=O) groups is 1. The van der Waals surface area contributed by atoms with Crippen LogP contribution in [0.1, 0.15) is 37.3 Å². The van der Waals surface area contributed by atoms with E-state index in [1.807, 2.05) is 55.6 Å². The summed E-state index contributed by atoms with van der Waals surface area (Å²) in [5.41, 5.74) is 1.66. The van der Waals surface area contributed by atoms with E-state index in [1.54, 1.807) is 12.1 Å². The lowest BCUT2D eigenvalue weighted by atomic mass is 10.1. The number of rotatable bonds is 8. The van der Waals surface area contributed by atoms with Crippen molar-refractivity contribution in [1.82, 2.24) is 25.0 Å². The van der Waals surface area contributed by atoms with Crippen molar-refractivity contribution in [2.24, 2.45) is 0 Å². The topological polar surface area (TPSA) is 81.5 Å². The first-order valence-electron chi connectivity index (χ1n) is 10.5. The number of nitrogens with one attached hydrogen (secondary N) is 1. The van der Waals surface area contributed by atoms with Gasteiger partial charge in [-0.2, -0.15) is 0 Å². The van der Waals surface area contributed by atoms with Gasteiger partial charge in [-0.15, -0.1) is 10.2 Å². The Bertz CT molecular complexity index is 1140. The molecule has 1 amide bonds. The van der Waals surface area contributed by atoms with Crippen LogP contribution in [0.15, 0.2) is 47.6 Å². The van der Waals surface area contributed by atoms with E-state index in [2.05, 4.69) is 15.5 Å². The first-order chi connectivity index (χ1) is 15.8. The van der Waals surface area contributed by atoms with Gasteiger partial charge in [-0.1, -0.05) is 17.8 Å². The molecule has 0 unspecified atom stereocenters. The Morgan fingerprint density at radius 2 is 1.88 bits per heavy atom. The summed E-state index contributed by atoms with van der Waals surface area (Å²) in [6.07, 6.45) is 0. The first kappa shape index (κ1) is 23.1. The van der Waals surface area contributed by atoms with Gasteiger partial charge in [0.1, 0.15) is 5.82 Å². The maximum absolute atomic E-state index is 13.5. The maximum atomic E-state index is 13.5. The van der Waals surface area contributed by atoms with E-state index < -0.39 is 0 Å². The fraction of sp³-hybridized carbons (Fsp3) is 0.348. The van der Waals surface area contributed by atoms with E-state index in [-0.39, 0.29) is 36.4 Å². The Labute approximate surface area is 196 Å². The number of hydrogen-bond acceptors (Lipinski definition) is 7. The summed E-state index contributed by atoms with van der Waals surface area (Å²) in [5.74, 6) is 1.79. The van der Waals surface area contributed by atoms with E-state index in [4.69, 9.17) is 9.47 Å². The summed E-state index contributed by atoms with van der Waals surface area (Å²) in [5, 5.41) is 12.2. The highest BCUT2D eigenvalue weighted by atomic mass is 32.2. The molecule has 0 saturated carbocycles. The van der Waals surface area contributed by atoms with E-state index in [1.165, 1.54) is 23.9 Å². The zero-order valence-electron chi connectivity index (χ0n) is 18.9. The minimum Gasteiger partial charge on any atom is -0.454 e. The Kier molecular flexibility index (Phi) is 6.85. The van der Waals surface area contributed by atoms with E-state index in [0.29, 0.717) is 22.5 Å². The van der Waals surface area contributed by atoms with Crippen molar-refractivity contribution in [2.75, 3.05) is 26.6 Å². The van der Waals surface area contributed by atoms with Crippen LogP contribution in [0.5, 0.6) is 11.5 Å². The second kappa shape index (κ2) is 9.80. The van der Waals surface area contributed by atoms with Gasteiger partial charge >= 0.3 is 0 Å². The summed E-state index contributed by atoms with van der Waals surface area (Å²) in [7, 11) is 3.90. The molecule has 0 aliphatic carbocycles. The molecule has 8 nitrogen and oxygen atoms in total. The summed E-state index contributed by atoms with van der Waals surface area (Å²) in [6.45, 7) is 4.13. The molecule has 3 aromatic rings. The van der Waals surface area contributed by atoms with Crippen LogP contribution in [0.25, 0.3) is 5.69 Å². The van der Waals surface area contributed by atoms with Crippen LogP contribution in [0.4, 0.5) is 4.39 Å². The number of hydrogen-bond donors (Lipinski definition) is 1. The van der Waals surface area contributed by atoms with Crippen molar-refractivity contribution in [1.29, 1.82) is 0 Å². The molecular formula is C23H26FN5O3S. The normalized spacial score (nSPS) is 14.4. The SMILES string of the molecule is C[C@H](NC(=O)CSc1nnc([C@H](C)N(C)C)n1-c1ccc(F)cc1)c1ccc2c(c1)OCO2. The van der Waals surface area contributed by atoms with Crippen LogP contribution in [0.2, 0.25) is 0 Å². The van der Waals surface area contributed by atoms with Gasteiger partial charge in [-0.25, -0.2) is 4.39 Å². The average Bonchev–Trinajstić information content (AvgIpc) is 3.44. The maximum Gasteiger partial charge on any atom is 0.231 e. The zero-order valence-corrected chi connectivity index (χ0v) is 19.7. The van der Waals surface area contributed by atoms with Crippen LogP contribution in [-0.4, -0.2) is 52.2 Å². The summed E-state index contributed by atoms with van der Waals surface area (Å²) < 4.78 is 26.1. The Morgan fingerprint density at radius 1 is 1.15 bits per heavy atom. The van der Waals surface area contributed by atoms with Crippen molar-refractivity contribution >= 4 is 17.7 Å². The highest BCUT2D eigenvalue weighted by Gasteiger charge is 2.22. The molecule has 4 rings (SSSR count). The third-order valence-corrected chi connectivity index (χ3v) is 6.43. The molecule has 33 heavy (non-hydrogen) atoms.